The Bertz CT molecular complexity index is 461. The second kappa shape index (κ2) is 7.19. The van der Waals surface area contributed by atoms with Gasteiger partial charge in [0.25, 0.3) is 5.91 Å². The summed E-state index contributed by atoms with van der Waals surface area (Å²) in [5, 5.41) is 15.2. The third-order valence-corrected chi connectivity index (χ3v) is 3.50. The summed E-state index contributed by atoms with van der Waals surface area (Å²) in [4.78, 5) is 11.8. The Labute approximate surface area is 125 Å². The molecule has 4 nitrogen and oxygen atoms in total. The maximum atomic E-state index is 13.5. The van der Waals surface area contributed by atoms with Gasteiger partial charge in [-0.05, 0) is 18.2 Å². The van der Waals surface area contributed by atoms with Gasteiger partial charge in [0.1, 0.15) is 5.82 Å². The van der Waals surface area contributed by atoms with E-state index in [4.69, 9.17) is 0 Å². The molecule has 3 N–H and O–H groups in total. The van der Waals surface area contributed by atoms with Gasteiger partial charge in [-0.2, -0.15) is 0 Å². The number of halogens is 3. The number of hydrogen-bond donors (Lipinski definition) is 3. The molecule has 0 spiro atoms. The van der Waals surface area contributed by atoms with E-state index in [0.717, 1.165) is 0 Å². The van der Waals surface area contributed by atoms with Gasteiger partial charge in [-0.1, -0.05) is 15.9 Å². The predicted octanol–water partition coefficient (Wildman–Crippen LogP) is 1.32. The minimum absolute atomic E-state index is 0. The maximum absolute atomic E-state index is 13.5. The number of carbonyl (C=O) groups is 1. The van der Waals surface area contributed by atoms with Crippen LogP contribution in [0, 0.1) is 11.7 Å². The first-order valence-electron chi connectivity index (χ1n) is 5.70. The molecular weight excluding hydrogens is 338 g/mol. The Kier molecular flexibility index (Phi) is 6.19. The minimum Gasteiger partial charge on any atom is -0.391 e. The number of nitrogens with one attached hydrogen (secondary N) is 2. The molecule has 1 amide bonds. The molecule has 1 heterocycles. The number of amides is 1. The van der Waals surface area contributed by atoms with Gasteiger partial charge in [-0.25, -0.2) is 4.39 Å². The topological polar surface area (TPSA) is 61.4 Å². The van der Waals surface area contributed by atoms with Crippen molar-refractivity contribution in [2.75, 3.05) is 19.6 Å². The first-order chi connectivity index (χ1) is 8.58. The molecule has 1 saturated heterocycles. The molecule has 0 saturated carbocycles. The van der Waals surface area contributed by atoms with Crippen LogP contribution in [0.4, 0.5) is 4.39 Å². The summed E-state index contributed by atoms with van der Waals surface area (Å²) >= 11 is 3.19. The number of hydrogen-bond acceptors (Lipinski definition) is 3. The van der Waals surface area contributed by atoms with Crippen LogP contribution in [0.3, 0.4) is 0 Å². The lowest BCUT2D eigenvalue weighted by atomic mass is 10.1. The van der Waals surface area contributed by atoms with E-state index in [2.05, 4.69) is 26.6 Å². The normalized spacial score (nSPS) is 21.8. The van der Waals surface area contributed by atoms with Crippen molar-refractivity contribution in [2.45, 2.75) is 6.10 Å². The molecule has 1 aliphatic heterocycles. The zero-order chi connectivity index (χ0) is 13.1. The Morgan fingerprint density at radius 3 is 2.89 bits per heavy atom. The molecule has 1 fully saturated rings. The lowest BCUT2D eigenvalue weighted by molar-refractivity contribution is 0.0923. The van der Waals surface area contributed by atoms with Gasteiger partial charge >= 0.3 is 0 Å². The molecule has 19 heavy (non-hydrogen) atoms. The highest BCUT2D eigenvalue weighted by Crippen LogP contribution is 2.15. The van der Waals surface area contributed by atoms with Crippen molar-refractivity contribution < 1.29 is 14.3 Å². The number of aliphatic hydroxyl groups excluding tert-OH is 1. The minimum atomic E-state index is -0.555. The van der Waals surface area contributed by atoms with E-state index in [0.29, 0.717) is 24.1 Å². The van der Waals surface area contributed by atoms with Crippen molar-refractivity contribution in [1.82, 2.24) is 10.6 Å². The van der Waals surface area contributed by atoms with Gasteiger partial charge < -0.3 is 15.7 Å². The lowest BCUT2D eigenvalue weighted by Gasteiger charge is -2.14. The molecule has 1 aliphatic rings. The summed E-state index contributed by atoms with van der Waals surface area (Å²) in [6.07, 6.45) is -0.461. The van der Waals surface area contributed by atoms with Crippen LogP contribution in [0.15, 0.2) is 22.7 Å². The average molecular weight is 354 g/mol. The summed E-state index contributed by atoms with van der Waals surface area (Å²) in [6, 6.07) is 4.22. The molecule has 0 aromatic heterocycles. The molecule has 2 rings (SSSR count). The largest absolute Gasteiger partial charge is 0.391 e. The van der Waals surface area contributed by atoms with Crippen molar-refractivity contribution in [1.29, 1.82) is 0 Å². The summed E-state index contributed by atoms with van der Waals surface area (Å²) in [5.74, 6) is -1.04. The lowest BCUT2D eigenvalue weighted by Crippen LogP contribution is -2.34. The maximum Gasteiger partial charge on any atom is 0.254 e. The van der Waals surface area contributed by atoms with Gasteiger partial charge in [0, 0.05) is 30.0 Å². The fourth-order valence-electron chi connectivity index (χ4n) is 1.92. The molecule has 1 aromatic rings. The summed E-state index contributed by atoms with van der Waals surface area (Å²) in [7, 11) is 0. The van der Waals surface area contributed by atoms with Crippen LogP contribution in [-0.2, 0) is 0 Å². The van der Waals surface area contributed by atoms with Gasteiger partial charge in [0.2, 0.25) is 0 Å². The Morgan fingerprint density at radius 1 is 1.53 bits per heavy atom. The highest BCUT2D eigenvalue weighted by Gasteiger charge is 2.25. The van der Waals surface area contributed by atoms with Crippen LogP contribution in [0.5, 0.6) is 0 Å². The highest BCUT2D eigenvalue weighted by atomic mass is 79.9. The van der Waals surface area contributed by atoms with Crippen LogP contribution in [0.1, 0.15) is 10.4 Å². The van der Waals surface area contributed by atoms with Crippen molar-refractivity contribution in [3.8, 4) is 0 Å². The van der Waals surface area contributed by atoms with Gasteiger partial charge in [0.05, 0.1) is 11.7 Å². The number of carbonyl (C=O) groups excluding carboxylic acids is 1. The molecule has 106 valence electrons. The molecule has 7 heteroatoms. The molecule has 0 aliphatic carbocycles. The van der Waals surface area contributed by atoms with Crippen LogP contribution >= 0.6 is 28.3 Å². The Hall–Kier alpha value is -0.690. The molecule has 2 atom stereocenters. The van der Waals surface area contributed by atoms with Crippen LogP contribution < -0.4 is 10.6 Å². The van der Waals surface area contributed by atoms with Crippen molar-refractivity contribution in [3.63, 3.8) is 0 Å². The SMILES string of the molecule is Cl.O=C(NCC1CNCC1O)c1cc(Br)ccc1F. The summed E-state index contributed by atoms with van der Waals surface area (Å²) in [6.45, 7) is 1.52. The van der Waals surface area contributed by atoms with E-state index in [9.17, 15) is 14.3 Å². The summed E-state index contributed by atoms with van der Waals surface area (Å²) in [5.41, 5.74) is 0.00446. The first kappa shape index (κ1) is 16.4. The van der Waals surface area contributed by atoms with E-state index in [1.165, 1.54) is 18.2 Å². The van der Waals surface area contributed by atoms with Crippen molar-refractivity contribution >= 4 is 34.2 Å². The van der Waals surface area contributed by atoms with Gasteiger partial charge in [0.15, 0.2) is 0 Å². The fraction of sp³-hybridized carbons (Fsp3) is 0.417. The average Bonchev–Trinajstić information content (AvgIpc) is 2.75. The van der Waals surface area contributed by atoms with Crippen molar-refractivity contribution in [2.24, 2.45) is 5.92 Å². The smallest absolute Gasteiger partial charge is 0.254 e. The van der Waals surface area contributed by atoms with E-state index in [1.54, 1.807) is 0 Å². The quantitative estimate of drug-likeness (QED) is 0.768. The highest BCUT2D eigenvalue weighted by molar-refractivity contribution is 9.10. The molecule has 0 radical (unpaired) electrons. The van der Waals surface area contributed by atoms with E-state index >= 15 is 0 Å². The van der Waals surface area contributed by atoms with Crippen LogP contribution in [0.25, 0.3) is 0 Å². The number of aliphatic hydroxyl groups is 1. The van der Waals surface area contributed by atoms with Crippen LogP contribution in [0.2, 0.25) is 0 Å². The Morgan fingerprint density at radius 2 is 2.26 bits per heavy atom. The number of rotatable bonds is 3. The molecule has 2 unspecified atom stereocenters. The van der Waals surface area contributed by atoms with Gasteiger partial charge in [-0.15, -0.1) is 12.4 Å². The van der Waals surface area contributed by atoms with Crippen LogP contribution in [-0.4, -0.2) is 36.8 Å². The zero-order valence-electron chi connectivity index (χ0n) is 10.0. The fourth-order valence-corrected chi connectivity index (χ4v) is 2.28. The molecule has 1 aromatic carbocycles. The number of β-amino-alcohol motifs (C(OH)–C–C–N with tert-alkyl or cyclic N) is 1. The predicted molar refractivity (Wildman–Crippen MR) is 76.0 cm³/mol. The van der Waals surface area contributed by atoms with E-state index in [-0.39, 0.29) is 23.9 Å². The second-order valence-electron chi connectivity index (χ2n) is 4.32. The first-order valence-corrected chi connectivity index (χ1v) is 6.49. The zero-order valence-corrected chi connectivity index (χ0v) is 12.4. The van der Waals surface area contributed by atoms with E-state index < -0.39 is 17.8 Å². The second-order valence-corrected chi connectivity index (χ2v) is 5.24. The summed E-state index contributed by atoms with van der Waals surface area (Å²) < 4.78 is 14.1. The van der Waals surface area contributed by atoms with E-state index in [1.807, 2.05) is 0 Å². The number of benzene rings is 1. The Balaban J connectivity index is 0.00000180. The monoisotopic (exact) mass is 352 g/mol. The third-order valence-electron chi connectivity index (χ3n) is 3.00. The standard InChI is InChI=1S/C12H14BrFN2O2.ClH/c13-8-1-2-10(14)9(3-8)12(18)16-5-7-4-15-6-11(7)17;/h1-3,7,11,15,17H,4-6H2,(H,16,18);1H. The third kappa shape index (κ3) is 4.14. The van der Waals surface area contributed by atoms with Gasteiger partial charge in [-0.3, -0.25) is 4.79 Å². The molecule has 0 bridgehead atoms. The molecular formula is C12H15BrClFN2O2. The van der Waals surface area contributed by atoms with Crippen molar-refractivity contribution in [3.05, 3.63) is 34.1 Å².